The molecular weight excluding hydrogens is 368 g/mol. The molecule has 0 saturated carbocycles. The maximum Gasteiger partial charge on any atom is 0.318 e. The summed E-state index contributed by atoms with van der Waals surface area (Å²) in [6.07, 6.45) is 0. The number of esters is 1. The number of hydrogen-bond acceptors (Lipinski definition) is 7. The largest absolute Gasteiger partial charge is 0.468 e. The molecule has 0 spiro atoms. The molecule has 132 valence electrons. The first-order valence-electron chi connectivity index (χ1n) is 7.03. The van der Waals surface area contributed by atoms with Gasteiger partial charge in [-0.3, -0.25) is 19.4 Å². The number of benzene rings is 1. The van der Waals surface area contributed by atoms with Gasteiger partial charge >= 0.3 is 5.97 Å². The van der Waals surface area contributed by atoms with Crippen LogP contribution in [0.2, 0.25) is 5.02 Å². The molecule has 4 N–H and O–H groups in total. The van der Waals surface area contributed by atoms with Gasteiger partial charge in [-0.25, -0.2) is 4.98 Å². The number of thioether (sulfide) groups is 1. The minimum atomic E-state index is -0.630. The Hall–Kier alpha value is -2.52. The molecule has 10 heteroatoms. The molecule has 0 bridgehead atoms. The maximum atomic E-state index is 12.2. The number of nitrogens with two attached hydrogens (primary N) is 1. The average molecular weight is 383 g/mol. The number of amides is 1. The number of anilines is 2. The van der Waals surface area contributed by atoms with Gasteiger partial charge in [0, 0.05) is 10.6 Å². The number of aromatic amines is 1. The quantitative estimate of drug-likeness (QED) is 0.409. The molecule has 1 amide bonds. The molecule has 25 heavy (non-hydrogen) atoms. The van der Waals surface area contributed by atoms with Crippen LogP contribution in [0, 0.1) is 0 Å². The lowest BCUT2D eigenvalue weighted by atomic mass is 10.2. The third kappa shape index (κ3) is 4.74. The van der Waals surface area contributed by atoms with Crippen molar-refractivity contribution in [3.63, 3.8) is 0 Å². The Balaban J connectivity index is 2.20. The number of rotatable bonds is 5. The predicted molar refractivity (Wildman–Crippen MR) is 96.0 cm³/mol. The number of hydrogen-bond donors (Lipinski definition) is 3. The number of nitrogens with one attached hydrogen (secondary N) is 2. The van der Waals surface area contributed by atoms with Gasteiger partial charge in [-0.05, 0) is 31.2 Å². The monoisotopic (exact) mass is 382 g/mol. The van der Waals surface area contributed by atoms with Crippen molar-refractivity contribution in [2.24, 2.45) is 0 Å². The van der Waals surface area contributed by atoms with Crippen LogP contribution in [0.25, 0.3) is 0 Å². The van der Waals surface area contributed by atoms with E-state index in [1.54, 1.807) is 19.1 Å². The van der Waals surface area contributed by atoms with E-state index in [1.807, 2.05) is 0 Å². The van der Waals surface area contributed by atoms with E-state index in [2.05, 4.69) is 20.0 Å². The zero-order valence-electron chi connectivity index (χ0n) is 13.3. The molecule has 0 fully saturated rings. The molecule has 0 aliphatic rings. The van der Waals surface area contributed by atoms with E-state index in [0.29, 0.717) is 10.6 Å². The second kappa shape index (κ2) is 8.04. The summed E-state index contributed by atoms with van der Waals surface area (Å²) in [5.41, 5.74) is 5.27. The third-order valence-electron chi connectivity index (χ3n) is 3.09. The molecule has 1 aromatic heterocycles. The number of aromatic nitrogens is 2. The number of methoxy groups -OCH3 is 1. The van der Waals surface area contributed by atoms with E-state index in [4.69, 9.17) is 17.3 Å². The topological polar surface area (TPSA) is 127 Å². The van der Waals surface area contributed by atoms with E-state index in [-0.39, 0.29) is 16.7 Å². The van der Waals surface area contributed by atoms with Gasteiger partial charge in [-0.1, -0.05) is 23.4 Å². The van der Waals surface area contributed by atoms with Gasteiger partial charge in [0.25, 0.3) is 11.5 Å². The lowest BCUT2D eigenvalue weighted by molar-refractivity contribution is -0.139. The summed E-state index contributed by atoms with van der Waals surface area (Å²) in [7, 11) is 1.26. The Morgan fingerprint density at radius 3 is 2.56 bits per heavy atom. The fourth-order valence-electron chi connectivity index (χ4n) is 1.81. The van der Waals surface area contributed by atoms with Crippen LogP contribution in [0.1, 0.15) is 17.3 Å². The van der Waals surface area contributed by atoms with Gasteiger partial charge < -0.3 is 15.8 Å². The SMILES string of the molecule is COC(=O)[C@H](C)Sc1nc(N)c(NC(=O)c2ccc(Cl)cc2)c(=O)[nH]1. The second-order valence-electron chi connectivity index (χ2n) is 4.88. The molecule has 1 heterocycles. The van der Waals surface area contributed by atoms with Crippen LogP contribution in [0.4, 0.5) is 11.5 Å². The highest BCUT2D eigenvalue weighted by Gasteiger charge is 2.19. The summed E-state index contributed by atoms with van der Waals surface area (Å²) >= 11 is 6.75. The zero-order chi connectivity index (χ0) is 18.6. The number of carbonyl (C=O) groups excluding carboxylic acids is 2. The highest BCUT2D eigenvalue weighted by molar-refractivity contribution is 8.00. The molecule has 0 radical (unpaired) electrons. The van der Waals surface area contributed by atoms with Gasteiger partial charge in [0.2, 0.25) is 0 Å². The van der Waals surface area contributed by atoms with Crippen LogP contribution in [-0.2, 0) is 9.53 Å². The van der Waals surface area contributed by atoms with Crippen LogP contribution in [-0.4, -0.2) is 34.2 Å². The summed E-state index contributed by atoms with van der Waals surface area (Å²) in [4.78, 5) is 42.2. The first-order chi connectivity index (χ1) is 11.8. The molecule has 0 unspecified atom stereocenters. The molecule has 0 aliphatic heterocycles. The van der Waals surface area contributed by atoms with E-state index in [1.165, 1.54) is 19.2 Å². The molecular formula is C15H15ClN4O4S. The predicted octanol–water partition coefficient (Wildman–Crippen LogP) is 1.91. The van der Waals surface area contributed by atoms with E-state index < -0.39 is 22.7 Å². The molecule has 2 aromatic rings. The smallest absolute Gasteiger partial charge is 0.318 e. The van der Waals surface area contributed by atoms with Crippen molar-refractivity contribution in [1.29, 1.82) is 0 Å². The number of H-pyrrole nitrogens is 1. The zero-order valence-corrected chi connectivity index (χ0v) is 14.9. The summed E-state index contributed by atoms with van der Waals surface area (Å²) in [5.74, 6) is -1.16. The normalized spacial score (nSPS) is 11.6. The maximum absolute atomic E-state index is 12.2. The Morgan fingerprint density at radius 2 is 2.00 bits per heavy atom. The average Bonchev–Trinajstić information content (AvgIpc) is 2.57. The molecule has 0 aliphatic carbocycles. The Kier molecular flexibility index (Phi) is 6.05. The van der Waals surface area contributed by atoms with E-state index >= 15 is 0 Å². The van der Waals surface area contributed by atoms with Gasteiger partial charge in [-0.15, -0.1) is 0 Å². The molecule has 2 rings (SSSR count). The summed E-state index contributed by atoms with van der Waals surface area (Å²) in [5, 5.41) is 2.46. The molecule has 1 aromatic carbocycles. The standard InChI is InChI=1S/C15H15ClN4O4S/c1-7(14(23)24-2)25-15-19-11(17)10(13(22)20-15)18-12(21)8-3-5-9(16)6-4-8/h3-7H,1-2H3,(H,18,21)(H3,17,19,20,22)/t7-/m0/s1. The van der Waals surface area contributed by atoms with Crippen molar-refractivity contribution in [1.82, 2.24) is 9.97 Å². The van der Waals surface area contributed by atoms with Crippen LogP contribution in [0.5, 0.6) is 0 Å². The molecule has 8 nitrogen and oxygen atoms in total. The Labute approximate surface area is 152 Å². The fraction of sp³-hybridized carbons (Fsp3) is 0.200. The molecule has 1 atom stereocenters. The summed E-state index contributed by atoms with van der Waals surface area (Å²) < 4.78 is 4.60. The minimum Gasteiger partial charge on any atom is -0.468 e. The van der Waals surface area contributed by atoms with Crippen LogP contribution in [0.3, 0.4) is 0 Å². The Bertz CT molecular complexity index is 854. The number of nitrogen functional groups attached to an aromatic ring is 1. The number of halogens is 1. The number of nitrogens with zero attached hydrogens (tertiary/aromatic N) is 1. The minimum absolute atomic E-state index is 0.143. The summed E-state index contributed by atoms with van der Waals surface area (Å²) in [6.45, 7) is 1.60. The number of ether oxygens (including phenoxy) is 1. The van der Waals surface area contributed by atoms with Crippen LogP contribution in [0.15, 0.2) is 34.2 Å². The van der Waals surface area contributed by atoms with E-state index in [0.717, 1.165) is 11.8 Å². The van der Waals surface area contributed by atoms with Crippen LogP contribution >= 0.6 is 23.4 Å². The van der Waals surface area contributed by atoms with Crippen molar-refractivity contribution in [2.75, 3.05) is 18.2 Å². The van der Waals surface area contributed by atoms with Gasteiger partial charge in [0.15, 0.2) is 11.0 Å². The number of carbonyl (C=O) groups is 2. The first-order valence-corrected chi connectivity index (χ1v) is 8.28. The van der Waals surface area contributed by atoms with Crippen molar-refractivity contribution in [2.45, 2.75) is 17.3 Å². The fourth-order valence-corrected chi connectivity index (χ4v) is 2.77. The van der Waals surface area contributed by atoms with Crippen molar-refractivity contribution < 1.29 is 14.3 Å². The van der Waals surface area contributed by atoms with Crippen molar-refractivity contribution >= 4 is 46.7 Å². The van der Waals surface area contributed by atoms with Gasteiger partial charge in [-0.2, -0.15) is 0 Å². The Morgan fingerprint density at radius 1 is 1.36 bits per heavy atom. The van der Waals surface area contributed by atoms with Crippen molar-refractivity contribution in [3.8, 4) is 0 Å². The van der Waals surface area contributed by atoms with Crippen molar-refractivity contribution in [3.05, 3.63) is 45.2 Å². The van der Waals surface area contributed by atoms with Gasteiger partial charge in [0.1, 0.15) is 10.9 Å². The first kappa shape index (κ1) is 18.8. The highest BCUT2D eigenvalue weighted by atomic mass is 35.5. The second-order valence-corrected chi connectivity index (χ2v) is 6.64. The third-order valence-corrected chi connectivity index (χ3v) is 4.31. The lowest BCUT2D eigenvalue weighted by Gasteiger charge is -2.10. The van der Waals surface area contributed by atoms with Crippen LogP contribution < -0.4 is 16.6 Å². The summed E-state index contributed by atoms with van der Waals surface area (Å²) in [6, 6.07) is 6.13. The van der Waals surface area contributed by atoms with E-state index in [9.17, 15) is 14.4 Å². The van der Waals surface area contributed by atoms with Gasteiger partial charge in [0.05, 0.1) is 7.11 Å². The highest BCUT2D eigenvalue weighted by Crippen LogP contribution is 2.22. The molecule has 0 saturated heterocycles. The lowest BCUT2D eigenvalue weighted by Crippen LogP contribution is -2.24.